The average molecular weight is 279 g/mol. The van der Waals surface area contributed by atoms with Gasteiger partial charge >= 0.3 is 0 Å². The van der Waals surface area contributed by atoms with Gasteiger partial charge in [0.2, 0.25) is 0 Å². The Morgan fingerprint density at radius 3 is 2.69 bits per heavy atom. The van der Waals surface area contributed by atoms with Crippen LogP contribution < -0.4 is 4.90 Å². The van der Waals surface area contributed by atoms with Crippen molar-refractivity contribution in [3.05, 3.63) is 28.2 Å². The largest absolute Gasteiger partial charge is 0.372 e. The van der Waals surface area contributed by atoms with Gasteiger partial charge in [-0.25, -0.2) is 0 Å². The Kier molecular flexibility index (Phi) is 3.20. The quantitative estimate of drug-likeness (QED) is 0.846. The number of halogens is 1. The summed E-state index contributed by atoms with van der Waals surface area (Å²) in [6.07, 6.45) is 2.70. The molecule has 2 rings (SSSR count). The summed E-state index contributed by atoms with van der Waals surface area (Å²) < 4.78 is 0.877. The monoisotopic (exact) mass is 278 g/mol. The molecule has 0 aromatic heterocycles. The normalized spacial score (nSPS) is 16.6. The van der Waals surface area contributed by atoms with Gasteiger partial charge in [-0.3, -0.25) is 0 Å². The van der Waals surface area contributed by atoms with E-state index in [1.54, 1.807) is 0 Å². The summed E-state index contributed by atoms with van der Waals surface area (Å²) in [5.74, 6) is 0.847. The van der Waals surface area contributed by atoms with E-state index < -0.39 is 0 Å². The molecule has 1 saturated carbocycles. The molecule has 2 nitrogen and oxygen atoms in total. The lowest BCUT2D eigenvalue weighted by atomic mass is 10.1. The van der Waals surface area contributed by atoms with Crippen molar-refractivity contribution in [3.63, 3.8) is 0 Å². The van der Waals surface area contributed by atoms with Gasteiger partial charge in [0.1, 0.15) is 6.07 Å². The minimum Gasteiger partial charge on any atom is -0.372 e. The molecule has 0 saturated heterocycles. The molecule has 84 valence electrons. The fraction of sp³-hybridized carbons (Fsp3) is 0.462. The Morgan fingerprint density at radius 1 is 1.50 bits per heavy atom. The molecule has 0 spiro atoms. The zero-order valence-corrected chi connectivity index (χ0v) is 11.2. The molecule has 0 N–H and O–H groups in total. The smallest absolute Gasteiger partial charge is 0.100 e. The van der Waals surface area contributed by atoms with E-state index in [9.17, 15) is 0 Å². The minimum absolute atomic E-state index is 0.583. The summed E-state index contributed by atoms with van der Waals surface area (Å²) in [6.45, 7) is 2.27. The fourth-order valence-electron chi connectivity index (χ4n) is 1.94. The summed E-state index contributed by atoms with van der Waals surface area (Å²) in [5.41, 5.74) is 1.86. The maximum atomic E-state index is 8.86. The van der Waals surface area contributed by atoms with E-state index in [2.05, 4.69) is 40.9 Å². The van der Waals surface area contributed by atoms with Gasteiger partial charge in [0.05, 0.1) is 5.56 Å². The lowest BCUT2D eigenvalue weighted by molar-refractivity contribution is 0.609. The van der Waals surface area contributed by atoms with Crippen molar-refractivity contribution in [2.75, 3.05) is 11.9 Å². The van der Waals surface area contributed by atoms with Crippen molar-refractivity contribution in [2.45, 2.75) is 25.8 Å². The van der Waals surface area contributed by atoms with E-state index in [1.807, 2.05) is 18.2 Å². The van der Waals surface area contributed by atoms with Crippen LogP contribution >= 0.6 is 15.9 Å². The van der Waals surface area contributed by atoms with Gasteiger partial charge in [-0.15, -0.1) is 0 Å². The zero-order chi connectivity index (χ0) is 11.7. The standard InChI is InChI=1S/C13H15BrN2/c1-9(10-3-4-10)16(2)12-6-5-11(8-15)13(14)7-12/h5-7,9-10H,3-4H2,1-2H3. The van der Waals surface area contributed by atoms with Crippen molar-refractivity contribution in [2.24, 2.45) is 5.92 Å². The average Bonchev–Trinajstić information content (AvgIpc) is 3.11. The third-order valence-corrected chi connectivity index (χ3v) is 4.05. The molecule has 1 aromatic rings. The molecule has 0 radical (unpaired) electrons. The Hall–Kier alpha value is -1.01. The molecule has 1 aliphatic carbocycles. The topological polar surface area (TPSA) is 27.0 Å². The van der Waals surface area contributed by atoms with E-state index in [0.717, 1.165) is 10.4 Å². The van der Waals surface area contributed by atoms with Crippen molar-refractivity contribution in [3.8, 4) is 6.07 Å². The second kappa shape index (κ2) is 4.47. The number of hydrogen-bond acceptors (Lipinski definition) is 2. The third kappa shape index (κ3) is 2.22. The van der Waals surface area contributed by atoms with Crippen molar-refractivity contribution in [1.29, 1.82) is 5.26 Å². The Bertz CT molecular complexity index is 432. The van der Waals surface area contributed by atoms with Crippen LogP contribution in [0, 0.1) is 17.2 Å². The number of anilines is 1. The molecule has 1 fully saturated rings. The highest BCUT2D eigenvalue weighted by Crippen LogP contribution is 2.36. The molecule has 16 heavy (non-hydrogen) atoms. The van der Waals surface area contributed by atoms with Crippen molar-refractivity contribution >= 4 is 21.6 Å². The van der Waals surface area contributed by atoms with Gasteiger partial charge in [-0.2, -0.15) is 5.26 Å². The van der Waals surface area contributed by atoms with Crippen LogP contribution in [0.2, 0.25) is 0 Å². The van der Waals surface area contributed by atoms with E-state index in [-0.39, 0.29) is 0 Å². The molecule has 0 bridgehead atoms. The number of rotatable bonds is 3. The van der Waals surface area contributed by atoms with Crippen LogP contribution in [0.5, 0.6) is 0 Å². The molecule has 1 unspecified atom stereocenters. The summed E-state index contributed by atoms with van der Waals surface area (Å²) in [5, 5.41) is 8.86. The first-order chi connectivity index (χ1) is 7.63. The Labute approximate surface area is 105 Å². The van der Waals surface area contributed by atoms with Gasteiger partial charge in [-0.05, 0) is 59.8 Å². The molecule has 0 heterocycles. The molecular formula is C13H15BrN2. The first kappa shape index (κ1) is 11.5. The van der Waals surface area contributed by atoms with E-state index in [4.69, 9.17) is 5.26 Å². The summed E-state index contributed by atoms with van der Waals surface area (Å²) >= 11 is 3.43. The van der Waals surface area contributed by atoms with Gasteiger partial charge in [0.25, 0.3) is 0 Å². The first-order valence-electron chi connectivity index (χ1n) is 5.56. The third-order valence-electron chi connectivity index (χ3n) is 3.40. The molecule has 1 aliphatic rings. The van der Waals surface area contributed by atoms with Crippen LogP contribution in [0.4, 0.5) is 5.69 Å². The Morgan fingerprint density at radius 2 is 2.19 bits per heavy atom. The number of hydrogen-bond donors (Lipinski definition) is 0. The Balaban J connectivity index is 2.20. The SMILES string of the molecule is CC(C1CC1)N(C)c1ccc(C#N)c(Br)c1. The van der Waals surface area contributed by atoms with Crippen LogP contribution in [0.25, 0.3) is 0 Å². The number of nitrogens with zero attached hydrogens (tertiary/aromatic N) is 2. The van der Waals surface area contributed by atoms with Crippen molar-refractivity contribution in [1.82, 2.24) is 0 Å². The second-order valence-corrected chi connectivity index (χ2v) is 5.32. The molecule has 0 aliphatic heterocycles. The van der Waals surface area contributed by atoms with Crippen LogP contribution in [-0.4, -0.2) is 13.1 Å². The summed E-state index contributed by atoms with van der Waals surface area (Å²) in [4.78, 5) is 2.30. The lowest BCUT2D eigenvalue weighted by Gasteiger charge is -2.27. The number of benzene rings is 1. The second-order valence-electron chi connectivity index (χ2n) is 4.46. The molecule has 1 aromatic carbocycles. The van der Waals surface area contributed by atoms with Gasteiger partial charge in [0, 0.05) is 23.2 Å². The lowest BCUT2D eigenvalue weighted by Crippen LogP contribution is -2.30. The van der Waals surface area contributed by atoms with E-state index in [1.165, 1.54) is 18.5 Å². The fourth-order valence-corrected chi connectivity index (χ4v) is 2.40. The summed E-state index contributed by atoms with van der Waals surface area (Å²) in [6, 6.07) is 8.66. The number of nitriles is 1. The highest BCUT2D eigenvalue weighted by atomic mass is 79.9. The highest BCUT2D eigenvalue weighted by Gasteiger charge is 2.30. The van der Waals surface area contributed by atoms with Crippen LogP contribution in [0.3, 0.4) is 0 Å². The van der Waals surface area contributed by atoms with E-state index >= 15 is 0 Å². The van der Waals surface area contributed by atoms with Crippen LogP contribution in [0.1, 0.15) is 25.3 Å². The van der Waals surface area contributed by atoms with Crippen LogP contribution in [0.15, 0.2) is 22.7 Å². The van der Waals surface area contributed by atoms with Gasteiger partial charge in [0.15, 0.2) is 0 Å². The first-order valence-corrected chi connectivity index (χ1v) is 6.35. The maximum absolute atomic E-state index is 8.86. The molecule has 3 heteroatoms. The molecule has 0 amide bonds. The summed E-state index contributed by atoms with van der Waals surface area (Å²) in [7, 11) is 2.12. The zero-order valence-electron chi connectivity index (χ0n) is 9.57. The maximum Gasteiger partial charge on any atom is 0.100 e. The minimum atomic E-state index is 0.583. The molecule has 1 atom stereocenters. The van der Waals surface area contributed by atoms with E-state index in [0.29, 0.717) is 11.6 Å². The molecular weight excluding hydrogens is 264 g/mol. The van der Waals surface area contributed by atoms with Gasteiger partial charge in [-0.1, -0.05) is 0 Å². The highest BCUT2D eigenvalue weighted by molar-refractivity contribution is 9.10. The van der Waals surface area contributed by atoms with Crippen molar-refractivity contribution < 1.29 is 0 Å². The predicted octanol–water partition coefficient (Wildman–Crippen LogP) is 3.56. The van der Waals surface area contributed by atoms with Crippen LogP contribution in [-0.2, 0) is 0 Å². The van der Waals surface area contributed by atoms with Gasteiger partial charge < -0.3 is 4.90 Å². The predicted molar refractivity (Wildman–Crippen MR) is 69.4 cm³/mol.